The van der Waals surface area contributed by atoms with Gasteiger partial charge in [0.25, 0.3) is 5.91 Å². The van der Waals surface area contributed by atoms with Crippen LogP contribution in [0.4, 0.5) is 0 Å². The molecule has 112 valence electrons. The molecule has 1 aliphatic rings. The number of hydrogen-bond acceptors (Lipinski definition) is 2. The van der Waals surface area contributed by atoms with E-state index in [4.69, 9.17) is 5.11 Å². The third kappa shape index (κ3) is 3.65. The lowest BCUT2D eigenvalue weighted by molar-refractivity contribution is 0.0849. The predicted octanol–water partition coefficient (Wildman–Crippen LogP) is 2.65. The molecule has 1 saturated carbocycles. The third-order valence-electron chi connectivity index (χ3n) is 4.58. The second-order valence-corrected chi connectivity index (χ2v) is 5.88. The van der Waals surface area contributed by atoms with Crippen molar-refractivity contribution in [2.45, 2.75) is 39.5 Å². The Balaban J connectivity index is 2.07. The van der Waals surface area contributed by atoms with Crippen LogP contribution in [0.5, 0.6) is 0 Å². The fourth-order valence-corrected chi connectivity index (χ4v) is 2.78. The quantitative estimate of drug-likeness (QED) is 0.836. The Morgan fingerprint density at radius 2 is 2.19 bits per heavy atom. The highest BCUT2D eigenvalue weighted by Crippen LogP contribution is 2.43. The maximum atomic E-state index is 12.4. The summed E-state index contributed by atoms with van der Waals surface area (Å²) in [5.74, 6) is 5.42. The molecule has 0 saturated heterocycles. The Bertz CT molecular complexity index is 571. The van der Waals surface area contributed by atoms with Crippen LogP contribution in [-0.2, 0) is 0 Å². The molecule has 0 unspecified atom stereocenters. The number of hydrogen-bond donors (Lipinski definition) is 2. The Labute approximate surface area is 126 Å². The molecule has 0 aromatic heterocycles. The Hall–Kier alpha value is -1.79. The standard InChI is InChI=1S/C18H23NO2/c1-3-18(9-5-10-18)13-19-17(21)16-12-15(6-4-11-20)8-7-14(16)2/h7-8,12,20H,3,5,9-11,13H2,1-2H3,(H,19,21). The van der Waals surface area contributed by atoms with Gasteiger partial charge in [-0.1, -0.05) is 31.3 Å². The molecule has 1 aromatic carbocycles. The average molecular weight is 285 g/mol. The van der Waals surface area contributed by atoms with Crippen molar-refractivity contribution in [2.75, 3.05) is 13.2 Å². The van der Waals surface area contributed by atoms with Crippen LogP contribution in [0, 0.1) is 24.2 Å². The molecule has 1 aliphatic carbocycles. The van der Waals surface area contributed by atoms with Crippen LogP contribution < -0.4 is 5.32 Å². The van der Waals surface area contributed by atoms with Crippen LogP contribution in [0.2, 0.25) is 0 Å². The first-order valence-corrected chi connectivity index (χ1v) is 7.59. The number of aryl methyl sites for hydroxylation is 1. The lowest BCUT2D eigenvalue weighted by Gasteiger charge is -2.41. The normalized spacial score (nSPS) is 15.6. The molecular formula is C18H23NO2. The van der Waals surface area contributed by atoms with Crippen molar-refractivity contribution in [1.82, 2.24) is 5.32 Å². The summed E-state index contributed by atoms with van der Waals surface area (Å²) in [6, 6.07) is 5.57. The molecule has 0 spiro atoms. The minimum Gasteiger partial charge on any atom is -0.384 e. The summed E-state index contributed by atoms with van der Waals surface area (Å²) >= 11 is 0. The SMILES string of the molecule is CCC1(CNC(=O)c2cc(C#CCO)ccc2C)CCC1. The smallest absolute Gasteiger partial charge is 0.251 e. The molecule has 0 aliphatic heterocycles. The Morgan fingerprint density at radius 1 is 1.43 bits per heavy atom. The second-order valence-electron chi connectivity index (χ2n) is 5.88. The molecule has 0 atom stereocenters. The van der Waals surface area contributed by atoms with Gasteiger partial charge in [0.15, 0.2) is 0 Å². The van der Waals surface area contributed by atoms with Crippen molar-refractivity contribution >= 4 is 5.91 Å². The number of benzene rings is 1. The molecule has 0 radical (unpaired) electrons. The van der Waals surface area contributed by atoms with Crippen LogP contribution in [0.3, 0.4) is 0 Å². The summed E-state index contributed by atoms with van der Waals surface area (Å²) in [4.78, 5) is 12.4. The molecule has 0 heterocycles. The molecule has 2 N–H and O–H groups in total. The molecule has 3 nitrogen and oxygen atoms in total. The number of carbonyl (C=O) groups excluding carboxylic acids is 1. The highest BCUT2D eigenvalue weighted by Gasteiger charge is 2.35. The van der Waals surface area contributed by atoms with Crippen molar-refractivity contribution in [1.29, 1.82) is 0 Å². The lowest BCUT2D eigenvalue weighted by Crippen LogP contribution is -2.41. The summed E-state index contributed by atoms with van der Waals surface area (Å²) in [6.45, 7) is 4.71. The fourth-order valence-electron chi connectivity index (χ4n) is 2.78. The van der Waals surface area contributed by atoms with E-state index in [-0.39, 0.29) is 12.5 Å². The van der Waals surface area contributed by atoms with Crippen molar-refractivity contribution in [3.05, 3.63) is 34.9 Å². The van der Waals surface area contributed by atoms with Crippen LogP contribution in [0.1, 0.15) is 54.1 Å². The minimum atomic E-state index is -0.172. The van der Waals surface area contributed by atoms with Gasteiger partial charge in [0.1, 0.15) is 6.61 Å². The van der Waals surface area contributed by atoms with Gasteiger partial charge in [-0.3, -0.25) is 4.79 Å². The number of aliphatic hydroxyl groups excluding tert-OH is 1. The topological polar surface area (TPSA) is 49.3 Å². The van der Waals surface area contributed by atoms with E-state index in [9.17, 15) is 4.79 Å². The van der Waals surface area contributed by atoms with Gasteiger partial charge in [0.2, 0.25) is 0 Å². The highest BCUT2D eigenvalue weighted by molar-refractivity contribution is 5.96. The summed E-state index contributed by atoms with van der Waals surface area (Å²) in [5.41, 5.74) is 2.69. The van der Waals surface area contributed by atoms with E-state index >= 15 is 0 Å². The van der Waals surface area contributed by atoms with Gasteiger partial charge >= 0.3 is 0 Å². The average Bonchev–Trinajstić information content (AvgIpc) is 2.45. The number of amides is 1. The summed E-state index contributed by atoms with van der Waals surface area (Å²) in [5, 5.41) is 11.8. The zero-order valence-electron chi connectivity index (χ0n) is 12.8. The molecule has 1 aromatic rings. The number of nitrogens with one attached hydrogen (secondary N) is 1. The zero-order chi connectivity index (χ0) is 15.3. The Kier molecular flexibility index (Phi) is 5.03. The van der Waals surface area contributed by atoms with Gasteiger partial charge in [-0.2, -0.15) is 0 Å². The lowest BCUT2D eigenvalue weighted by atomic mass is 9.67. The first kappa shape index (κ1) is 15.6. The van der Waals surface area contributed by atoms with E-state index in [0.717, 1.165) is 24.1 Å². The van der Waals surface area contributed by atoms with E-state index in [2.05, 4.69) is 24.1 Å². The first-order valence-electron chi connectivity index (χ1n) is 7.59. The molecule has 1 fully saturated rings. The van der Waals surface area contributed by atoms with E-state index in [1.807, 2.05) is 19.1 Å². The van der Waals surface area contributed by atoms with Crippen molar-refractivity contribution < 1.29 is 9.90 Å². The number of rotatable bonds is 4. The first-order chi connectivity index (χ1) is 10.1. The van der Waals surface area contributed by atoms with Crippen LogP contribution in [-0.4, -0.2) is 24.2 Å². The van der Waals surface area contributed by atoms with Gasteiger partial charge in [0, 0.05) is 17.7 Å². The van der Waals surface area contributed by atoms with E-state index < -0.39 is 0 Å². The van der Waals surface area contributed by atoms with Crippen molar-refractivity contribution in [3.63, 3.8) is 0 Å². The molecule has 1 amide bonds. The van der Waals surface area contributed by atoms with E-state index in [1.165, 1.54) is 19.3 Å². The maximum absolute atomic E-state index is 12.4. The fraction of sp³-hybridized carbons (Fsp3) is 0.500. The predicted molar refractivity (Wildman–Crippen MR) is 84.1 cm³/mol. The monoisotopic (exact) mass is 285 g/mol. The summed E-state index contributed by atoms with van der Waals surface area (Å²) < 4.78 is 0. The van der Waals surface area contributed by atoms with Gasteiger partial charge in [-0.15, -0.1) is 0 Å². The van der Waals surface area contributed by atoms with Gasteiger partial charge in [-0.25, -0.2) is 0 Å². The van der Waals surface area contributed by atoms with Gasteiger partial charge in [-0.05, 0) is 49.3 Å². The van der Waals surface area contributed by atoms with Crippen LogP contribution >= 0.6 is 0 Å². The largest absolute Gasteiger partial charge is 0.384 e. The third-order valence-corrected chi connectivity index (χ3v) is 4.58. The highest BCUT2D eigenvalue weighted by atomic mass is 16.2. The molecular weight excluding hydrogens is 262 g/mol. The van der Waals surface area contributed by atoms with Crippen molar-refractivity contribution in [3.8, 4) is 11.8 Å². The maximum Gasteiger partial charge on any atom is 0.251 e. The van der Waals surface area contributed by atoms with Gasteiger partial charge < -0.3 is 10.4 Å². The van der Waals surface area contributed by atoms with Crippen molar-refractivity contribution in [2.24, 2.45) is 5.41 Å². The number of carbonyl (C=O) groups is 1. The summed E-state index contributed by atoms with van der Waals surface area (Å²) in [7, 11) is 0. The molecule has 2 rings (SSSR count). The van der Waals surface area contributed by atoms with Gasteiger partial charge in [0.05, 0.1) is 0 Å². The van der Waals surface area contributed by atoms with E-state index in [0.29, 0.717) is 11.0 Å². The second kappa shape index (κ2) is 6.78. The minimum absolute atomic E-state index is 0.0279. The van der Waals surface area contributed by atoms with Crippen LogP contribution in [0.15, 0.2) is 18.2 Å². The summed E-state index contributed by atoms with van der Waals surface area (Å²) in [6.07, 6.45) is 4.82. The Morgan fingerprint density at radius 3 is 2.76 bits per heavy atom. The molecule has 0 bridgehead atoms. The molecule has 3 heteroatoms. The molecule has 21 heavy (non-hydrogen) atoms. The van der Waals surface area contributed by atoms with E-state index in [1.54, 1.807) is 6.07 Å². The number of aliphatic hydroxyl groups is 1. The zero-order valence-corrected chi connectivity index (χ0v) is 12.8. The van der Waals surface area contributed by atoms with Crippen LogP contribution in [0.25, 0.3) is 0 Å².